The second-order valence-electron chi connectivity index (χ2n) is 5.33. The van der Waals surface area contributed by atoms with Crippen LogP contribution in [0.1, 0.15) is 19.3 Å². The molecule has 0 unspecified atom stereocenters. The van der Waals surface area contributed by atoms with E-state index >= 15 is 0 Å². The highest BCUT2D eigenvalue weighted by molar-refractivity contribution is 4.80. The molecule has 2 saturated heterocycles. The molecule has 1 atom stereocenters. The number of rotatable bonds is 3. The van der Waals surface area contributed by atoms with Gasteiger partial charge in [-0.15, -0.1) is 0 Å². The summed E-state index contributed by atoms with van der Waals surface area (Å²) in [4.78, 5) is 5.05. The predicted octanol–water partition coefficient (Wildman–Crippen LogP) is 0.622. The van der Waals surface area contributed by atoms with Gasteiger partial charge in [0.15, 0.2) is 0 Å². The van der Waals surface area contributed by atoms with E-state index in [1.807, 2.05) is 0 Å². The summed E-state index contributed by atoms with van der Waals surface area (Å²) >= 11 is 0. The van der Waals surface area contributed by atoms with Crippen molar-refractivity contribution in [2.75, 3.05) is 46.8 Å². The Kier molecular flexibility index (Phi) is 4.00. The first kappa shape index (κ1) is 11.4. The Balaban J connectivity index is 1.72. The maximum Gasteiger partial charge on any atom is 0.0117 e. The molecule has 0 aromatic rings. The minimum atomic E-state index is 0.835. The fourth-order valence-electron chi connectivity index (χ4n) is 2.86. The molecule has 2 fully saturated rings. The molecule has 2 heterocycles. The third kappa shape index (κ3) is 3.16. The molecule has 0 spiro atoms. The summed E-state index contributed by atoms with van der Waals surface area (Å²) in [5.41, 5.74) is 0. The van der Waals surface area contributed by atoms with Crippen LogP contribution in [0.5, 0.6) is 0 Å². The molecule has 2 rings (SSSR count). The maximum absolute atomic E-state index is 3.45. The smallest absolute Gasteiger partial charge is 0.0117 e. The Bertz CT molecular complexity index is 181. The average molecular weight is 211 g/mol. The highest BCUT2D eigenvalue weighted by Crippen LogP contribution is 2.17. The van der Waals surface area contributed by atoms with Gasteiger partial charge in [0.1, 0.15) is 0 Å². The quantitative estimate of drug-likeness (QED) is 0.738. The number of hydrogen-bond acceptors (Lipinski definition) is 3. The van der Waals surface area contributed by atoms with E-state index in [2.05, 4.69) is 29.2 Å². The molecule has 1 N–H and O–H groups in total. The monoisotopic (exact) mass is 211 g/mol. The van der Waals surface area contributed by atoms with Gasteiger partial charge in [0.2, 0.25) is 0 Å². The Hall–Kier alpha value is -0.120. The number of likely N-dealkylation sites (tertiary alicyclic amines) is 1. The summed E-state index contributed by atoms with van der Waals surface area (Å²) in [5, 5.41) is 3.45. The lowest BCUT2D eigenvalue weighted by Gasteiger charge is -2.36. The third-order valence-electron chi connectivity index (χ3n) is 4.02. The SMILES string of the molecule is CN1CCC(N(C)C[C@@H]2CCNC2)CC1. The average Bonchev–Trinajstić information content (AvgIpc) is 2.71. The van der Waals surface area contributed by atoms with Crippen LogP contribution in [0.3, 0.4) is 0 Å². The highest BCUT2D eigenvalue weighted by Gasteiger charge is 2.23. The van der Waals surface area contributed by atoms with Gasteiger partial charge in [0, 0.05) is 12.6 Å². The molecule has 2 aliphatic rings. The fourth-order valence-corrected chi connectivity index (χ4v) is 2.86. The molecule has 0 bridgehead atoms. The Morgan fingerprint density at radius 3 is 2.60 bits per heavy atom. The molecular formula is C12H25N3. The van der Waals surface area contributed by atoms with Gasteiger partial charge in [-0.1, -0.05) is 0 Å². The van der Waals surface area contributed by atoms with Crippen LogP contribution in [0.4, 0.5) is 0 Å². The largest absolute Gasteiger partial charge is 0.316 e. The number of piperidine rings is 1. The first-order valence-corrected chi connectivity index (χ1v) is 6.35. The molecule has 0 aromatic heterocycles. The van der Waals surface area contributed by atoms with Gasteiger partial charge in [0.05, 0.1) is 0 Å². The van der Waals surface area contributed by atoms with Crippen LogP contribution >= 0.6 is 0 Å². The molecule has 0 aliphatic carbocycles. The Morgan fingerprint density at radius 2 is 2.00 bits per heavy atom. The predicted molar refractivity (Wildman–Crippen MR) is 64.1 cm³/mol. The van der Waals surface area contributed by atoms with Crippen molar-refractivity contribution in [2.24, 2.45) is 5.92 Å². The summed E-state index contributed by atoms with van der Waals surface area (Å²) in [6.45, 7) is 6.31. The first-order valence-electron chi connectivity index (χ1n) is 6.35. The second kappa shape index (κ2) is 5.28. The van der Waals surface area contributed by atoms with Crippen molar-refractivity contribution in [2.45, 2.75) is 25.3 Å². The van der Waals surface area contributed by atoms with Crippen molar-refractivity contribution < 1.29 is 0 Å². The topological polar surface area (TPSA) is 18.5 Å². The Morgan fingerprint density at radius 1 is 1.27 bits per heavy atom. The van der Waals surface area contributed by atoms with Crippen LogP contribution in [0.2, 0.25) is 0 Å². The molecule has 15 heavy (non-hydrogen) atoms. The lowest BCUT2D eigenvalue weighted by molar-refractivity contribution is 0.131. The molecule has 0 saturated carbocycles. The summed E-state index contributed by atoms with van der Waals surface area (Å²) in [6, 6.07) is 0.835. The number of hydrogen-bond donors (Lipinski definition) is 1. The van der Waals surface area contributed by atoms with Crippen LogP contribution in [-0.4, -0.2) is 62.7 Å². The lowest BCUT2D eigenvalue weighted by Crippen LogP contribution is -2.43. The molecule has 0 radical (unpaired) electrons. The van der Waals surface area contributed by atoms with Crippen molar-refractivity contribution >= 4 is 0 Å². The Labute approximate surface area is 93.8 Å². The zero-order valence-electron chi connectivity index (χ0n) is 10.2. The molecular weight excluding hydrogens is 186 g/mol. The van der Waals surface area contributed by atoms with E-state index in [1.165, 1.54) is 52.0 Å². The van der Waals surface area contributed by atoms with Crippen LogP contribution in [0.15, 0.2) is 0 Å². The van der Waals surface area contributed by atoms with Crippen molar-refractivity contribution in [3.63, 3.8) is 0 Å². The van der Waals surface area contributed by atoms with Crippen molar-refractivity contribution in [1.82, 2.24) is 15.1 Å². The van der Waals surface area contributed by atoms with Crippen LogP contribution < -0.4 is 5.32 Å². The van der Waals surface area contributed by atoms with Gasteiger partial charge in [-0.2, -0.15) is 0 Å². The molecule has 2 aliphatic heterocycles. The van der Waals surface area contributed by atoms with E-state index in [4.69, 9.17) is 0 Å². The fraction of sp³-hybridized carbons (Fsp3) is 1.00. The molecule has 88 valence electrons. The lowest BCUT2D eigenvalue weighted by atomic mass is 10.0. The second-order valence-corrected chi connectivity index (χ2v) is 5.33. The van der Waals surface area contributed by atoms with Crippen molar-refractivity contribution in [3.05, 3.63) is 0 Å². The van der Waals surface area contributed by atoms with Crippen LogP contribution in [0.25, 0.3) is 0 Å². The van der Waals surface area contributed by atoms with Gasteiger partial charge >= 0.3 is 0 Å². The summed E-state index contributed by atoms with van der Waals surface area (Å²) < 4.78 is 0. The molecule has 3 nitrogen and oxygen atoms in total. The van der Waals surface area contributed by atoms with Crippen LogP contribution in [-0.2, 0) is 0 Å². The van der Waals surface area contributed by atoms with Gasteiger partial charge in [0.25, 0.3) is 0 Å². The van der Waals surface area contributed by atoms with Gasteiger partial charge in [-0.05, 0) is 65.5 Å². The number of nitrogens with zero attached hydrogens (tertiary/aromatic N) is 2. The zero-order chi connectivity index (χ0) is 10.7. The zero-order valence-corrected chi connectivity index (χ0v) is 10.2. The van der Waals surface area contributed by atoms with E-state index in [0.717, 1.165) is 12.0 Å². The molecule has 0 aromatic carbocycles. The normalized spacial score (nSPS) is 30.2. The van der Waals surface area contributed by atoms with E-state index in [1.54, 1.807) is 0 Å². The van der Waals surface area contributed by atoms with Gasteiger partial charge < -0.3 is 15.1 Å². The van der Waals surface area contributed by atoms with E-state index in [-0.39, 0.29) is 0 Å². The summed E-state index contributed by atoms with van der Waals surface area (Å²) in [7, 11) is 4.55. The van der Waals surface area contributed by atoms with E-state index in [0.29, 0.717) is 0 Å². The molecule has 0 amide bonds. The minimum Gasteiger partial charge on any atom is -0.316 e. The van der Waals surface area contributed by atoms with Crippen LogP contribution in [0, 0.1) is 5.92 Å². The number of nitrogens with one attached hydrogen (secondary N) is 1. The van der Waals surface area contributed by atoms with Crippen molar-refractivity contribution in [1.29, 1.82) is 0 Å². The highest BCUT2D eigenvalue weighted by atomic mass is 15.2. The minimum absolute atomic E-state index is 0.835. The van der Waals surface area contributed by atoms with E-state index in [9.17, 15) is 0 Å². The van der Waals surface area contributed by atoms with Crippen molar-refractivity contribution in [3.8, 4) is 0 Å². The molecule has 3 heteroatoms. The first-order chi connectivity index (χ1) is 7.25. The third-order valence-corrected chi connectivity index (χ3v) is 4.02. The van der Waals surface area contributed by atoms with Gasteiger partial charge in [-0.3, -0.25) is 0 Å². The standard InChI is InChI=1S/C12H25N3/c1-14-7-4-12(5-8-14)15(2)10-11-3-6-13-9-11/h11-13H,3-10H2,1-2H3/t11-/m1/s1. The summed E-state index contributed by atoms with van der Waals surface area (Å²) in [6.07, 6.45) is 4.08. The van der Waals surface area contributed by atoms with Gasteiger partial charge in [-0.25, -0.2) is 0 Å². The van der Waals surface area contributed by atoms with E-state index < -0.39 is 0 Å². The maximum atomic E-state index is 3.45. The summed E-state index contributed by atoms with van der Waals surface area (Å²) in [5.74, 6) is 0.898.